The summed E-state index contributed by atoms with van der Waals surface area (Å²) >= 11 is 2.56. The van der Waals surface area contributed by atoms with Crippen LogP contribution >= 0.6 is 22.7 Å². The number of nitrogens with one attached hydrogen (secondary N) is 2. The summed E-state index contributed by atoms with van der Waals surface area (Å²) in [5.41, 5.74) is -0.669. The Morgan fingerprint density at radius 3 is 2.62 bits per heavy atom. The Bertz CT molecular complexity index is 840. The lowest BCUT2D eigenvalue weighted by Gasteiger charge is -2.17. The minimum Gasteiger partial charge on any atom is -0.390 e. The van der Waals surface area contributed by atoms with Gasteiger partial charge in [-0.05, 0) is 57.4 Å². The number of carbonyl (C=O) groups excluding carboxylic acids is 3. The molecule has 0 radical (unpaired) electrons. The molecule has 0 saturated carbocycles. The molecule has 7 nitrogen and oxygen atoms in total. The average Bonchev–Trinajstić information content (AvgIpc) is 3.31. The number of thiophene rings is 1. The summed E-state index contributed by atoms with van der Waals surface area (Å²) in [6, 6.07) is 2.38. The van der Waals surface area contributed by atoms with E-state index >= 15 is 0 Å². The van der Waals surface area contributed by atoms with Crippen LogP contribution in [0.2, 0.25) is 0 Å². The third-order valence-electron chi connectivity index (χ3n) is 4.36. The second kappa shape index (κ2) is 10.1. The van der Waals surface area contributed by atoms with Gasteiger partial charge in [0, 0.05) is 11.1 Å². The maximum atomic E-state index is 12.3. The molecule has 2 aromatic rings. The van der Waals surface area contributed by atoms with Crippen LogP contribution in [0.15, 0.2) is 23.7 Å². The number of carbonyl (C=O) groups is 3. The summed E-state index contributed by atoms with van der Waals surface area (Å²) < 4.78 is 0. The molecule has 158 valence electrons. The van der Waals surface area contributed by atoms with E-state index in [4.69, 9.17) is 0 Å². The first-order valence-corrected chi connectivity index (χ1v) is 11.1. The molecule has 0 aromatic carbocycles. The van der Waals surface area contributed by atoms with Gasteiger partial charge >= 0.3 is 0 Å². The molecule has 0 bridgehead atoms. The van der Waals surface area contributed by atoms with Crippen LogP contribution in [-0.4, -0.2) is 39.3 Å². The quantitative estimate of drug-likeness (QED) is 0.389. The summed E-state index contributed by atoms with van der Waals surface area (Å²) in [4.78, 5) is 41.9. The van der Waals surface area contributed by atoms with Crippen molar-refractivity contribution in [2.24, 2.45) is 0 Å². The van der Waals surface area contributed by atoms with Crippen LogP contribution in [0.5, 0.6) is 0 Å². The van der Waals surface area contributed by atoms with Crippen LogP contribution in [0.25, 0.3) is 0 Å². The summed E-state index contributed by atoms with van der Waals surface area (Å²) in [7, 11) is 0. The van der Waals surface area contributed by atoms with Gasteiger partial charge in [-0.2, -0.15) is 0 Å². The van der Waals surface area contributed by atoms with Crippen LogP contribution in [-0.2, 0) is 9.59 Å². The molecule has 0 fully saturated rings. The number of rotatable bonds is 10. The minimum atomic E-state index is -0.872. The SMILES string of the molecule is CC(CCCC(C)(C)O)c1cnc(NC(=O)[C@H](C)NC(=O)C(=O)c2cccs2)s1. The first-order valence-electron chi connectivity index (χ1n) is 9.44. The Balaban J connectivity index is 1.84. The third kappa shape index (κ3) is 7.34. The predicted molar refractivity (Wildman–Crippen MR) is 116 cm³/mol. The highest BCUT2D eigenvalue weighted by Gasteiger charge is 2.23. The number of hydrogen-bond donors (Lipinski definition) is 3. The van der Waals surface area contributed by atoms with Crippen LogP contribution in [0, 0.1) is 0 Å². The van der Waals surface area contributed by atoms with E-state index in [0.717, 1.165) is 24.1 Å². The molecule has 1 unspecified atom stereocenters. The molecule has 2 atom stereocenters. The van der Waals surface area contributed by atoms with Crippen molar-refractivity contribution in [1.29, 1.82) is 0 Å². The molecule has 2 aromatic heterocycles. The van der Waals surface area contributed by atoms with E-state index < -0.39 is 29.2 Å². The molecule has 0 aliphatic carbocycles. The lowest BCUT2D eigenvalue weighted by atomic mass is 9.96. The molecule has 0 aliphatic rings. The molecule has 0 spiro atoms. The number of nitrogens with zero attached hydrogens (tertiary/aromatic N) is 1. The molecule has 0 saturated heterocycles. The van der Waals surface area contributed by atoms with E-state index in [-0.39, 0.29) is 5.92 Å². The zero-order valence-electron chi connectivity index (χ0n) is 17.0. The van der Waals surface area contributed by atoms with Gasteiger partial charge in [0.25, 0.3) is 11.7 Å². The Morgan fingerprint density at radius 1 is 1.28 bits per heavy atom. The average molecular weight is 438 g/mol. The van der Waals surface area contributed by atoms with Crippen molar-refractivity contribution in [3.63, 3.8) is 0 Å². The van der Waals surface area contributed by atoms with E-state index in [1.807, 2.05) is 0 Å². The van der Waals surface area contributed by atoms with Crippen LogP contribution in [0.1, 0.15) is 67.4 Å². The van der Waals surface area contributed by atoms with Crippen molar-refractivity contribution < 1.29 is 19.5 Å². The van der Waals surface area contributed by atoms with Gasteiger partial charge < -0.3 is 15.7 Å². The second-order valence-electron chi connectivity index (χ2n) is 7.66. The molecule has 3 N–H and O–H groups in total. The molecule has 2 rings (SSSR count). The smallest absolute Gasteiger partial charge is 0.293 e. The Hall–Kier alpha value is -2.10. The summed E-state index contributed by atoms with van der Waals surface area (Å²) in [5.74, 6) is -1.64. The van der Waals surface area contributed by atoms with Crippen LogP contribution in [0.3, 0.4) is 0 Å². The fraction of sp³-hybridized carbons (Fsp3) is 0.500. The second-order valence-corrected chi connectivity index (χ2v) is 9.67. The zero-order chi connectivity index (χ0) is 21.6. The zero-order valence-corrected chi connectivity index (χ0v) is 18.7. The summed E-state index contributed by atoms with van der Waals surface area (Å²) in [6.07, 6.45) is 4.27. The van der Waals surface area contributed by atoms with Gasteiger partial charge in [-0.15, -0.1) is 22.7 Å². The number of thiazole rings is 1. The molecule has 2 amide bonds. The highest BCUT2D eigenvalue weighted by molar-refractivity contribution is 7.15. The lowest BCUT2D eigenvalue weighted by Crippen LogP contribution is -2.44. The van der Waals surface area contributed by atoms with Crippen LogP contribution < -0.4 is 10.6 Å². The molecule has 0 aliphatic heterocycles. The van der Waals surface area contributed by atoms with Gasteiger partial charge in [-0.3, -0.25) is 14.4 Å². The topological polar surface area (TPSA) is 108 Å². The third-order valence-corrected chi connectivity index (χ3v) is 6.37. The van der Waals surface area contributed by atoms with Crippen molar-refractivity contribution >= 4 is 45.4 Å². The van der Waals surface area contributed by atoms with E-state index in [2.05, 4.69) is 22.5 Å². The van der Waals surface area contributed by atoms with Crippen LogP contribution in [0.4, 0.5) is 5.13 Å². The Labute approximate surface area is 178 Å². The lowest BCUT2D eigenvalue weighted by molar-refractivity contribution is -0.123. The number of amides is 2. The van der Waals surface area contributed by atoms with Crippen molar-refractivity contribution in [2.75, 3.05) is 5.32 Å². The monoisotopic (exact) mass is 437 g/mol. The summed E-state index contributed by atoms with van der Waals surface area (Å²) in [6.45, 7) is 7.20. The number of Topliss-reactive ketones (excluding diaryl/α,β-unsaturated/α-hetero) is 1. The van der Waals surface area contributed by atoms with E-state index in [1.165, 1.54) is 29.6 Å². The maximum absolute atomic E-state index is 12.3. The van der Waals surface area contributed by atoms with Crippen molar-refractivity contribution in [3.05, 3.63) is 33.5 Å². The van der Waals surface area contributed by atoms with Gasteiger partial charge in [0.1, 0.15) is 6.04 Å². The number of hydrogen-bond acceptors (Lipinski definition) is 7. The number of aliphatic hydroxyl groups is 1. The number of ketones is 1. The van der Waals surface area contributed by atoms with Gasteiger partial charge in [-0.1, -0.05) is 13.0 Å². The molecule has 2 heterocycles. The number of aromatic nitrogens is 1. The molecule has 29 heavy (non-hydrogen) atoms. The van der Waals surface area contributed by atoms with Crippen molar-refractivity contribution in [2.45, 2.75) is 64.5 Å². The highest BCUT2D eigenvalue weighted by Crippen LogP contribution is 2.30. The fourth-order valence-corrected chi connectivity index (χ4v) is 4.18. The van der Waals surface area contributed by atoms with Crippen molar-refractivity contribution in [3.8, 4) is 0 Å². The first-order chi connectivity index (χ1) is 13.6. The van der Waals surface area contributed by atoms with Gasteiger partial charge in [0.05, 0.1) is 10.5 Å². The van der Waals surface area contributed by atoms with Gasteiger partial charge in [-0.25, -0.2) is 4.98 Å². The van der Waals surface area contributed by atoms with E-state index in [9.17, 15) is 19.5 Å². The fourth-order valence-electron chi connectivity index (χ4n) is 2.62. The molecule has 9 heteroatoms. The standard InChI is InChI=1S/C20H27N3O4S2/c1-12(7-5-9-20(3,4)27)15-11-21-19(29-15)23-17(25)13(2)22-18(26)16(24)14-8-6-10-28-14/h6,8,10-13,27H,5,7,9H2,1-4H3,(H,22,26)(H,21,23,25)/t12?,13-/m0/s1. The largest absolute Gasteiger partial charge is 0.390 e. The van der Waals surface area contributed by atoms with Gasteiger partial charge in [0.15, 0.2) is 5.13 Å². The van der Waals surface area contributed by atoms with E-state index in [0.29, 0.717) is 10.0 Å². The highest BCUT2D eigenvalue weighted by atomic mass is 32.1. The Morgan fingerprint density at radius 2 is 2.00 bits per heavy atom. The molecular weight excluding hydrogens is 410 g/mol. The first kappa shape index (κ1) is 23.2. The number of anilines is 1. The normalized spacial score (nSPS) is 13.6. The van der Waals surface area contributed by atoms with Crippen molar-refractivity contribution in [1.82, 2.24) is 10.3 Å². The van der Waals surface area contributed by atoms with Gasteiger partial charge in [0.2, 0.25) is 5.91 Å². The Kier molecular flexibility index (Phi) is 8.06. The summed E-state index contributed by atoms with van der Waals surface area (Å²) in [5, 5.41) is 17.1. The molecular formula is C20H27N3O4S2. The van der Waals surface area contributed by atoms with E-state index in [1.54, 1.807) is 37.6 Å². The minimum absolute atomic E-state index is 0.265. The maximum Gasteiger partial charge on any atom is 0.293 e. The predicted octanol–water partition coefficient (Wildman–Crippen LogP) is 3.58.